The number of hydrogen-bond donors (Lipinski definition) is 1. The van der Waals surface area contributed by atoms with Crippen LogP contribution < -0.4 is 5.73 Å². The molecule has 108 valence electrons. The Bertz CT molecular complexity index is 379. The number of benzene rings is 1. The Morgan fingerprint density at radius 2 is 1.95 bits per heavy atom. The average Bonchev–Trinajstić information content (AvgIpc) is 2.34. The van der Waals surface area contributed by atoms with Crippen molar-refractivity contribution in [1.82, 2.24) is 0 Å². The van der Waals surface area contributed by atoms with Crippen molar-refractivity contribution < 1.29 is 17.9 Å². The first kappa shape index (κ1) is 16.0. The Balaban J connectivity index is 2.36. The van der Waals surface area contributed by atoms with Gasteiger partial charge in [0.25, 0.3) is 0 Å². The van der Waals surface area contributed by atoms with Crippen LogP contribution in [0.15, 0.2) is 24.3 Å². The molecule has 0 saturated carbocycles. The van der Waals surface area contributed by atoms with Crippen LogP contribution in [0, 0.1) is 6.92 Å². The van der Waals surface area contributed by atoms with Gasteiger partial charge >= 0.3 is 6.18 Å². The number of aryl methyl sites for hydroxylation is 1. The van der Waals surface area contributed by atoms with Gasteiger partial charge in [0.2, 0.25) is 0 Å². The molecule has 2 nitrogen and oxygen atoms in total. The lowest BCUT2D eigenvalue weighted by atomic mass is 9.91. The maximum Gasteiger partial charge on any atom is 0.411 e. The summed E-state index contributed by atoms with van der Waals surface area (Å²) in [5.41, 5.74) is 8.07. The lowest BCUT2D eigenvalue weighted by Gasteiger charge is -2.17. The zero-order valence-electron chi connectivity index (χ0n) is 11.0. The number of rotatable bonds is 7. The molecule has 0 amide bonds. The normalized spacial score (nSPS) is 13.5. The van der Waals surface area contributed by atoms with E-state index in [9.17, 15) is 13.2 Å². The molecular weight excluding hydrogens is 255 g/mol. The molecule has 0 aromatic heterocycles. The first-order valence-corrected chi connectivity index (χ1v) is 6.34. The highest BCUT2D eigenvalue weighted by molar-refractivity contribution is 5.29. The lowest BCUT2D eigenvalue weighted by Crippen LogP contribution is -2.18. The Morgan fingerprint density at radius 3 is 2.53 bits per heavy atom. The Kier molecular flexibility index (Phi) is 6.31. The fourth-order valence-electron chi connectivity index (χ4n) is 2.06. The number of hydrogen-bond acceptors (Lipinski definition) is 2. The van der Waals surface area contributed by atoms with Gasteiger partial charge in [0, 0.05) is 6.61 Å². The second-order valence-electron chi connectivity index (χ2n) is 4.60. The fraction of sp³-hybridized carbons (Fsp3) is 0.571. The van der Waals surface area contributed by atoms with Gasteiger partial charge in [-0.15, -0.1) is 0 Å². The van der Waals surface area contributed by atoms with Crippen molar-refractivity contribution in [3.05, 3.63) is 35.4 Å². The predicted octanol–water partition coefficient (Wildman–Crippen LogP) is 3.40. The Morgan fingerprint density at radius 1 is 1.26 bits per heavy atom. The van der Waals surface area contributed by atoms with Gasteiger partial charge in [-0.3, -0.25) is 0 Å². The summed E-state index contributed by atoms with van der Waals surface area (Å²) < 4.78 is 40.2. The number of alkyl halides is 3. The highest BCUT2D eigenvalue weighted by Gasteiger charge is 2.27. The molecule has 0 saturated heterocycles. The van der Waals surface area contributed by atoms with Crippen LogP contribution in [-0.2, 0) is 4.74 Å². The summed E-state index contributed by atoms with van der Waals surface area (Å²) in [4.78, 5) is 0. The summed E-state index contributed by atoms with van der Waals surface area (Å²) in [6, 6.07) is 7.94. The monoisotopic (exact) mass is 275 g/mol. The van der Waals surface area contributed by atoms with E-state index in [4.69, 9.17) is 5.73 Å². The molecule has 1 aromatic rings. The molecule has 0 fully saturated rings. The first-order valence-electron chi connectivity index (χ1n) is 6.34. The number of nitrogens with two attached hydrogens (primary N) is 1. The first-order chi connectivity index (χ1) is 8.94. The maximum absolute atomic E-state index is 11.9. The third kappa shape index (κ3) is 6.07. The van der Waals surface area contributed by atoms with Crippen LogP contribution in [0.5, 0.6) is 0 Å². The standard InChI is InChI=1S/C14H20F3NO/c1-11-5-2-3-7-13(11)12(9-18)6-4-8-19-10-14(15,16)17/h2-3,5,7,12H,4,6,8-10,18H2,1H3. The van der Waals surface area contributed by atoms with Crippen molar-refractivity contribution in [3.63, 3.8) is 0 Å². The van der Waals surface area contributed by atoms with Gasteiger partial charge in [-0.1, -0.05) is 24.3 Å². The molecule has 0 heterocycles. The molecule has 1 rings (SSSR count). The summed E-state index contributed by atoms with van der Waals surface area (Å²) in [5.74, 6) is 0.177. The quantitative estimate of drug-likeness (QED) is 0.774. The Labute approximate surface area is 111 Å². The van der Waals surface area contributed by atoms with E-state index in [2.05, 4.69) is 4.74 Å². The van der Waals surface area contributed by atoms with Crippen molar-refractivity contribution in [2.45, 2.75) is 31.9 Å². The average molecular weight is 275 g/mol. The molecule has 1 atom stereocenters. The summed E-state index contributed by atoms with van der Waals surface area (Å²) >= 11 is 0. The summed E-state index contributed by atoms with van der Waals surface area (Å²) in [5, 5.41) is 0. The van der Waals surface area contributed by atoms with Crippen LogP contribution in [0.4, 0.5) is 13.2 Å². The van der Waals surface area contributed by atoms with E-state index in [1.807, 2.05) is 31.2 Å². The zero-order chi connectivity index (χ0) is 14.3. The van der Waals surface area contributed by atoms with Crippen molar-refractivity contribution in [1.29, 1.82) is 0 Å². The van der Waals surface area contributed by atoms with E-state index in [1.165, 1.54) is 5.56 Å². The van der Waals surface area contributed by atoms with E-state index in [0.29, 0.717) is 13.0 Å². The molecule has 0 radical (unpaired) electrons. The molecule has 0 aliphatic heterocycles. The molecular formula is C14H20F3NO. The van der Waals surface area contributed by atoms with Gasteiger partial charge in [0.15, 0.2) is 0 Å². The molecule has 0 spiro atoms. The van der Waals surface area contributed by atoms with Gasteiger partial charge in [-0.05, 0) is 43.4 Å². The molecule has 0 aliphatic rings. The minimum atomic E-state index is -4.25. The highest BCUT2D eigenvalue weighted by atomic mass is 19.4. The second kappa shape index (κ2) is 7.50. The zero-order valence-corrected chi connectivity index (χ0v) is 11.0. The Hall–Kier alpha value is -1.07. The molecule has 1 aromatic carbocycles. The van der Waals surface area contributed by atoms with Crippen LogP contribution in [0.3, 0.4) is 0 Å². The van der Waals surface area contributed by atoms with E-state index in [-0.39, 0.29) is 12.5 Å². The third-order valence-electron chi connectivity index (χ3n) is 3.02. The number of ether oxygens (including phenoxy) is 1. The van der Waals surface area contributed by atoms with Crippen LogP contribution in [0.1, 0.15) is 29.9 Å². The highest BCUT2D eigenvalue weighted by Crippen LogP contribution is 2.23. The molecule has 2 N–H and O–H groups in total. The van der Waals surface area contributed by atoms with Crippen LogP contribution in [-0.4, -0.2) is 25.9 Å². The minimum Gasteiger partial charge on any atom is -0.372 e. The van der Waals surface area contributed by atoms with Crippen molar-refractivity contribution in [2.75, 3.05) is 19.8 Å². The van der Waals surface area contributed by atoms with Gasteiger partial charge in [0.05, 0.1) is 0 Å². The minimum absolute atomic E-state index is 0.113. The van der Waals surface area contributed by atoms with Crippen LogP contribution in [0.2, 0.25) is 0 Å². The van der Waals surface area contributed by atoms with Crippen LogP contribution in [0.25, 0.3) is 0 Å². The van der Waals surface area contributed by atoms with Gasteiger partial charge in [-0.25, -0.2) is 0 Å². The van der Waals surface area contributed by atoms with Gasteiger partial charge in [-0.2, -0.15) is 13.2 Å². The topological polar surface area (TPSA) is 35.2 Å². The molecule has 1 unspecified atom stereocenters. The lowest BCUT2D eigenvalue weighted by molar-refractivity contribution is -0.174. The van der Waals surface area contributed by atoms with Crippen molar-refractivity contribution >= 4 is 0 Å². The smallest absolute Gasteiger partial charge is 0.372 e. The van der Waals surface area contributed by atoms with Crippen molar-refractivity contribution in [3.8, 4) is 0 Å². The van der Waals surface area contributed by atoms with E-state index in [1.54, 1.807) is 0 Å². The fourth-order valence-corrected chi connectivity index (χ4v) is 2.06. The van der Waals surface area contributed by atoms with Gasteiger partial charge in [0.1, 0.15) is 6.61 Å². The molecule has 0 aliphatic carbocycles. The molecule has 19 heavy (non-hydrogen) atoms. The number of halogens is 3. The largest absolute Gasteiger partial charge is 0.411 e. The molecule has 5 heteroatoms. The second-order valence-corrected chi connectivity index (χ2v) is 4.60. The summed E-state index contributed by atoms with van der Waals surface area (Å²) in [6.07, 6.45) is -2.94. The summed E-state index contributed by atoms with van der Waals surface area (Å²) in [7, 11) is 0. The van der Waals surface area contributed by atoms with Crippen molar-refractivity contribution in [2.24, 2.45) is 5.73 Å². The predicted molar refractivity (Wildman–Crippen MR) is 69.1 cm³/mol. The maximum atomic E-state index is 11.9. The molecule has 0 bridgehead atoms. The van der Waals surface area contributed by atoms with Gasteiger partial charge < -0.3 is 10.5 Å². The van der Waals surface area contributed by atoms with E-state index in [0.717, 1.165) is 12.0 Å². The summed E-state index contributed by atoms with van der Waals surface area (Å²) in [6.45, 7) is 1.44. The van der Waals surface area contributed by atoms with Crippen LogP contribution >= 0.6 is 0 Å². The third-order valence-corrected chi connectivity index (χ3v) is 3.02. The van der Waals surface area contributed by atoms with E-state index >= 15 is 0 Å². The SMILES string of the molecule is Cc1ccccc1C(CN)CCCOCC(F)(F)F. The van der Waals surface area contributed by atoms with E-state index < -0.39 is 12.8 Å².